The minimum Gasteiger partial charge on any atom is -0.382 e. The van der Waals surface area contributed by atoms with Crippen LogP contribution in [0.3, 0.4) is 0 Å². The topological polar surface area (TPSA) is 62.8 Å². The molecule has 1 heterocycles. The number of aryl methyl sites for hydroxylation is 1. The van der Waals surface area contributed by atoms with E-state index in [1.54, 1.807) is 7.11 Å². The molecule has 2 unspecified atom stereocenters. The quantitative estimate of drug-likeness (QED) is 0.906. The summed E-state index contributed by atoms with van der Waals surface area (Å²) in [6.07, 6.45) is 5.04. The Labute approximate surface area is 125 Å². The molecule has 2 N–H and O–H groups in total. The Kier molecular flexibility index (Phi) is 4.20. The fourth-order valence-corrected chi connectivity index (χ4v) is 2.95. The molecule has 3 rings (SSSR count). The standard InChI is InChI=1S/C16H22N4O/c1-11-17-16(20-19-11)12-5-3-6-13(9-12)18-14-7-4-8-15(10-14)21-2/h3,5-6,9,14-15,18H,4,7-8,10H2,1-2H3,(H,17,19,20). The molecule has 2 atom stereocenters. The van der Waals surface area contributed by atoms with Gasteiger partial charge in [-0.25, -0.2) is 4.98 Å². The van der Waals surface area contributed by atoms with Gasteiger partial charge in [0.25, 0.3) is 0 Å². The van der Waals surface area contributed by atoms with Crippen molar-refractivity contribution in [1.29, 1.82) is 0 Å². The van der Waals surface area contributed by atoms with Gasteiger partial charge in [0.15, 0.2) is 5.82 Å². The Balaban J connectivity index is 1.71. The second kappa shape index (κ2) is 6.26. The van der Waals surface area contributed by atoms with Gasteiger partial charge in [0.05, 0.1) is 6.10 Å². The first kappa shape index (κ1) is 14.1. The molecule has 1 aromatic carbocycles. The smallest absolute Gasteiger partial charge is 0.181 e. The van der Waals surface area contributed by atoms with Crippen LogP contribution >= 0.6 is 0 Å². The molecule has 2 aromatic rings. The zero-order chi connectivity index (χ0) is 14.7. The van der Waals surface area contributed by atoms with Gasteiger partial charge >= 0.3 is 0 Å². The van der Waals surface area contributed by atoms with Crippen molar-refractivity contribution in [1.82, 2.24) is 15.2 Å². The van der Waals surface area contributed by atoms with Gasteiger partial charge in [-0.1, -0.05) is 12.1 Å². The second-order valence-corrected chi connectivity index (χ2v) is 5.69. The summed E-state index contributed by atoms with van der Waals surface area (Å²) in [5.74, 6) is 1.58. The van der Waals surface area contributed by atoms with Crippen molar-refractivity contribution in [2.75, 3.05) is 12.4 Å². The lowest BCUT2D eigenvalue weighted by molar-refractivity contribution is 0.0669. The van der Waals surface area contributed by atoms with Crippen molar-refractivity contribution in [3.05, 3.63) is 30.1 Å². The van der Waals surface area contributed by atoms with Gasteiger partial charge < -0.3 is 10.1 Å². The van der Waals surface area contributed by atoms with Crippen LogP contribution in [-0.4, -0.2) is 34.4 Å². The van der Waals surface area contributed by atoms with E-state index in [2.05, 4.69) is 32.6 Å². The number of aromatic nitrogens is 3. The Morgan fingerprint density at radius 1 is 1.33 bits per heavy atom. The van der Waals surface area contributed by atoms with Gasteiger partial charge in [-0.05, 0) is 44.7 Å². The van der Waals surface area contributed by atoms with E-state index in [1.165, 1.54) is 19.3 Å². The molecule has 1 aromatic heterocycles. The average molecular weight is 286 g/mol. The first-order valence-electron chi connectivity index (χ1n) is 7.53. The SMILES string of the molecule is COC1CCCC(Nc2cccc(-c3n[nH]c(C)n3)c2)C1. The Morgan fingerprint density at radius 2 is 2.24 bits per heavy atom. The van der Waals surface area contributed by atoms with E-state index >= 15 is 0 Å². The van der Waals surface area contributed by atoms with Gasteiger partial charge in [0, 0.05) is 24.4 Å². The monoisotopic (exact) mass is 286 g/mol. The summed E-state index contributed by atoms with van der Waals surface area (Å²) in [5.41, 5.74) is 2.15. The van der Waals surface area contributed by atoms with Crippen LogP contribution < -0.4 is 5.32 Å². The van der Waals surface area contributed by atoms with E-state index in [-0.39, 0.29) is 0 Å². The molecule has 0 amide bonds. The van der Waals surface area contributed by atoms with E-state index in [0.29, 0.717) is 12.1 Å². The predicted octanol–water partition coefficient (Wildman–Crippen LogP) is 3.15. The van der Waals surface area contributed by atoms with E-state index < -0.39 is 0 Å². The summed E-state index contributed by atoms with van der Waals surface area (Å²) in [4.78, 5) is 4.38. The van der Waals surface area contributed by atoms with Crippen LogP contribution in [0.1, 0.15) is 31.5 Å². The molecule has 0 saturated heterocycles. The van der Waals surface area contributed by atoms with Crippen molar-refractivity contribution < 1.29 is 4.74 Å². The molecule has 5 heteroatoms. The van der Waals surface area contributed by atoms with Crippen LogP contribution in [0.2, 0.25) is 0 Å². The molecule has 0 aliphatic heterocycles. The number of aromatic amines is 1. The highest BCUT2D eigenvalue weighted by Crippen LogP contribution is 2.25. The summed E-state index contributed by atoms with van der Waals surface area (Å²) in [6, 6.07) is 8.76. The molecule has 21 heavy (non-hydrogen) atoms. The maximum Gasteiger partial charge on any atom is 0.181 e. The normalized spacial score (nSPS) is 22.2. The van der Waals surface area contributed by atoms with Gasteiger partial charge in [-0.15, -0.1) is 0 Å². The van der Waals surface area contributed by atoms with Crippen LogP contribution in [0.4, 0.5) is 5.69 Å². The second-order valence-electron chi connectivity index (χ2n) is 5.69. The number of anilines is 1. The van der Waals surface area contributed by atoms with Crippen molar-refractivity contribution in [2.24, 2.45) is 0 Å². The largest absolute Gasteiger partial charge is 0.382 e. The highest BCUT2D eigenvalue weighted by Gasteiger charge is 2.21. The fourth-order valence-electron chi connectivity index (χ4n) is 2.95. The minimum atomic E-state index is 0.384. The molecule has 5 nitrogen and oxygen atoms in total. The van der Waals surface area contributed by atoms with E-state index in [1.807, 2.05) is 19.1 Å². The van der Waals surface area contributed by atoms with Crippen molar-refractivity contribution in [3.63, 3.8) is 0 Å². The summed E-state index contributed by atoms with van der Waals surface area (Å²) in [6.45, 7) is 1.91. The number of methoxy groups -OCH3 is 1. The number of nitrogens with zero attached hydrogens (tertiary/aromatic N) is 2. The summed E-state index contributed by atoms with van der Waals surface area (Å²) >= 11 is 0. The first-order valence-corrected chi connectivity index (χ1v) is 7.53. The number of hydrogen-bond acceptors (Lipinski definition) is 4. The fraction of sp³-hybridized carbons (Fsp3) is 0.500. The number of nitrogens with one attached hydrogen (secondary N) is 2. The molecule has 0 bridgehead atoms. The van der Waals surface area contributed by atoms with Crippen molar-refractivity contribution in [3.8, 4) is 11.4 Å². The van der Waals surface area contributed by atoms with Crippen LogP contribution in [-0.2, 0) is 4.74 Å². The third-order valence-electron chi connectivity index (χ3n) is 4.05. The minimum absolute atomic E-state index is 0.384. The maximum atomic E-state index is 5.49. The average Bonchev–Trinajstić information content (AvgIpc) is 2.94. The van der Waals surface area contributed by atoms with Crippen LogP contribution in [0.5, 0.6) is 0 Å². The molecule has 0 radical (unpaired) electrons. The Bertz CT molecular complexity index is 595. The number of ether oxygens (including phenoxy) is 1. The van der Waals surface area contributed by atoms with Gasteiger partial charge in [0.1, 0.15) is 5.82 Å². The first-order chi connectivity index (χ1) is 10.2. The third kappa shape index (κ3) is 3.42. The summed E-state index contributed by atoms with van der Waals surface area (Å²) in [5, 5.41) is 10.7. The van der Waals surface area contributed by atoms with Gasteiger partial charge in [-0.3, -0.25) is 5.10 Å². The van der Waals surface area contributed by atoms with Crippen LogP contribution in [0, 0.1) is 6.92 Å². The number of hydrogen-bond donors (Lipinski definition) is 2. The molecular weight excluding hydrogens is 264 g/mol. The summed E-state index contributed by atoms with van der Waals surface area (Å²) in [7, 11) is 1.80. The summed E-state index contributed by atoms with van der Waals surface area (Å²) < 4.78 is 5.49. The van der Waals surface area contributed by atoms with Gasteiger partial charge in [0.2, 0.25) is 0 Å². The zero-order valence-electron chi connectivity index (χ0n) is 12.6. The third-order valence-corrected chi connectivity index (χ3v) is 4.05. The van der Waals surface area contributed by atoms with E-state index in [9.17, 15) is 0 Å². The predicted molar refractivity (Wildman–Crippen MR) is 83.2 cm³/mol. The molecule has 1 saturated carbocycles. The number of rotatable bonds is 4. The number of benzene rings is 1. The highest BCUT2D eigenvalue weighted by atomic mass is 16.5. The van der Waals surface area contributed by atoms with Crippen LogP contribution in [0.25, 0.3) is 11.4 Å². The Morgan fingerprint density at radius 3 is 3.00 bits per heavy atom. The molecule has 1 aliphatic carbocycles. The van der Waals surface area contributed by atoms with Gasteiger partial charge in [-0.2, -0.15) is 5.10 Å². The number of H-pyrrole nitrogens is 1. The lowest BCUT2D eigenvalue weighted by Gasteiger charge is -2.29. The maximum absolute atomic E-state index is 5.49. The highest BCUT2D eigenvalue weighted by molar-refractivity contribution is 5.62. The molecule has 0 spiro atoms. The molecule has 112 valence electrons. The van der Waals surface area contributed by atoms with Crippen molar-refractivity contribution in [2.45, 2.75) is 44.8 Å². The zero-order valence-corrected chi connectivity index (χ0v) is 12.6. The Hall–Kier alpha value is -1.88. The van der Waals surface area contributed by atoms with E-state index in [0.717, 1.165) is 29.3 Å². The molecular formula is C16H22N4O. The molecule has 1 fully saturated rings. The van der Waals surface area contributed by atoms with E-state index in [4.69, 9.17) is 4.74 Å². The lowest BCUT2D eigenvalue weighted by Crippen LogP contribution is -2.30. The van der Waals surface area contributed by atoms with Crippen LogP contribution in [0.15, 0.2) is 24.3 Å². The van der Waals surface area contributed by atoms with Crippen molar-refractivity contribution >= 4 is 5.69 Å². The lowest BCUT2D eigenvalue weighted by atomic mass is 9.92. The molecule has 1 aliphatic rings.